The van der Waals surface area contributed by atoms with Crippen molar-refractivity contribution in [3.63, 3.8) is 0 Å². The molecule has 0 unspecified atom stereocenters. The van der Waals surface area contributed by atoms with E-state index >= 15 is 0 Å². The number of rotatable bonds is 6. The summed E-state index contributed by atoms with van der Waals surface area (Å²) in [6.07, 6.45) is 1.42. The Morgan fingerprint density at radius 1 is 1.14 bits per heavy atom. The van der Waals surface area contributed by atoms with Crippen LogP contribution in [0.5, 0.6) is 11.5 Å². The van der Waals surface area contributed by atoms with Gasteiger partial charge in [-0.3, -0.25) is 29.8 Å². The number of hydrogen-bond donors (Lipinski definition) is 2. The van der Waals surface area contributed by atoms with E-state index < -0.39 is 11.8 Å². The Balaban J connectivity index is 1.55. The smallest absolute Gasteiger partial charge is 0.269 e. The molecule has 9 nitrogen and oxygen atoms in total. The van der Waals surface area contributed by atoms with Crippen LogP contribution in [0.25, 0.3) is 10.2 Å². The maximum atomic E-state index is 12.3. The highest BCUT2D eigenvalue weighted by Gasteiger charge is 2.12. The van der Waals surface area contributed by atoms with Gasteiger partial charge in [-0.1, -0.05) is 0 Å². The van der Waals surface area contributed by atoms with Gasteiger partial charge in [-0.25, -0.2) is 4.98 Å². The molecule has 3 rings (SSSR count). The molecular weight excluding hydrogens is 384 g/mol. The summed E-state index contributed by atoms with van der Waals surface area (Å²) in [5.74, 6) is -0.0547. The van der Waals surface area contributed by atoms with Gasteiger partial charge in [0.05, 0.1) is 25.9 Å². The number of nitrogens with one attached hydrogen (secondary N) is 2. The molecule has 0 aliphatic rings. The highest BCUT2D eigenvalue weighted by Crippen LogP contribution is 2.27. The molecule has 2 heterocycles. The third kappa shape index (κ3) is 4.12. The molecule has 1 aromatic carbocycles. The van der Waals surface area contributed by atoms with E-state index in [1.54, 1.807) is 23.6 Å². The number of thiophene rings is 1. The largest absolute Gasteiger partial charge is 0.493 e. The molecule has 146 valence electrons. The number of methoxy groups -OCH3 is 2. The number of amides is 2. The predicted molar refractivity (Wildman–Crippen MR) is 104 cm³/mol. The number of nitrogens with zero attached hydrogens (tertiary/aromatic N) is 2. The number of ether oxygens (including phenoxy) is 2. The summed E-state index contributed by atoms with van der Waals surface area (Å²) in [6.45, 7) is 0.148. The summed E-state index contributed by atoms with van der Waals surface area (Å²) >= 11 is 1.38. The third-order valence-corrected chi connectivity index (χ3v) is 4.81. The molecule has 0 spiro atoms. The van der Waals surface area contributed by atoms with Gasteiger partial charge in [0.25, 0.3) is 11.5 Å². The fourth-order valence-corrected chi connectivity index (χ4v) is 3.24. The maximum Gasteiger partial charge on any atom is 0.269 e. The van der Waals surface area contributed by atoms with Gasteiger partial charge in [0.2, 0.25) is 5.91 Å². The number of carbonyl (C=O) groups excluding carboxylic acids is 2. The first kappa shape index (κ1) is 19.4. The van der Waals surface area contributed by atoms with E-state index in [1.165, 1.54) is 42.5 Å². The Kier molecular flexibility index (Phi) is 5.90. The first-order chi connectivity index (χ1) is 13.5. The molecule has 0 aliphatic heterocycles. The first-order valence-electron chi connectivity index (χ1n) is 8.27. The van der Waals surface area contributed by atoms with E-state index in [9.17, 15) is 14.4 Å². The lowest BCUT2D eigenvalue weighted by molar-refractivity contribution is -0.122. The zero-order valence-corrected chi connectivity index (χ0v) is 16.0. The minimum absolute atomic E-state index is 0.00342. The van der Waals surface area contributed by atoms with Crippen LogP contribution in [0.4, 0.5) is 0 Å². The number of aryl methyl sites for hydroxylation is 1. The fraction of sp³-hybridized carbons (Fsp3) is 0.222. The van der Waals surface area contributed by atoms with Gasteiger partial charge < -0.3 is 9.47 Å². The maximum absolute atomic E-state index is 12.3. The van der Waals surface area contributed by atoms with Crippen LogP contribution in [0.15, 0.2) is 40.8 Å². The molecule has 2 amide bonds. The van der Waals surface area contributed by atoms with Crippen LogP contribution in [0.2, 0.25) is 0 Å². The van der Waals surface area contributed by atoms with E-state index in [-0.39, 0.29) is 18.5 Å². The minimum atomic E-state index is -0.507. The van der Waals surface area contributed by atoms with Crippen LogP contribution in [-0.4, -0.2) is 35.6 Å². The summed E-state index contributed by atoms with van der Waals surface area (Å²) < 4.78 is 11.6. The standard InChI is InChI=1S/C18H18N4O5S/c1-26-13-4-3-11(9-14(13)27-2)16(24)21-20-15(23)5-7-22-10-19-17-12(18(22)25)6-8-28-17/h3-4,6,8-10H,5,7H2,1-2H3,(H,20,23)(H,21,24). The molecule has 0 saturated heterocycles. The van der Waals surface area contributed by atoms with Gasteiger partial charge in [-0.05, 0) is 29.6 Å². The first-order valence-corrected chi connectivity index (χ1v) is 9.15. The van der Waals surface area contributed by atoms with E-state index in [4.69, 9.17) is 9.47 Å². The second-order valence-electron chi connectivity index (χ2n) is 5.70. The Hall–Kier alpha value is -3.40. The van der Waals surface area contributed by atoms with Crippen molar-refractivity contribution < 1.29 is 19.1 Å². The van der Waals surface area contributed by atoms with Crippen molar-refractivity contribution in [2.45, 2.75) is 13.0 Å². The molecule has 28 heavy (non-hydrogen) atoms. The van der Waals surface area contributed by atoms with Gasteiger partial charge in [-0.2, -0.15) is 0 Å². The van der Waals surface area contributed by atoms with E-state index in [2.05, 4.69) is 15.8 Å². The molecule has 0 bridgehead atoms. The minimum Gasteiger partial charge on any atom is -0.493 e. The van der Waals surface area contributed by atoms with Crippen LogP contribution in [-0.2, 0) is 11.3 Å². The highest BCUT2D eigenvalue weighted by atomic mass is 32.1. The Labute approximate surface area is 163 Å². The molecule has 2 aromatic heterocycles. The number of carbonyl (C=O) groups is 2. The molecule has 0 saturated carbocycles. The lowest BCUT2D eigenvalue weighted by Crippen LogP contribution is -2.42. The van der Waals surface area contributed by atoms with Crippen LogP contribution >= 0.6 is 11.3 Å². The molecular formula is C18H18N4O5S. The summed E-state index contributed by atoms with van der Waals surface area (Å²) in [5, 5.41) is 2.31. The Morgan fingerprint density at radius 3 is 2.68 bits per heavy atom. The predicted octanol–water partition coefficient (Wildman–Crippen LogP) is 1.33. The summed E-state index contributed by atoms with van der Waals surface area (Å²) in [5.41, 5.74) is 4.74. The average Bonchev–Trinajstić information content (AvgIpc) is 3.20. The lowest BCUT2D eigenvalue weighted by atomic mass is 10.2. The van der Waals surface area contributed by atoms with Crippen molar-refractivity contribution in [3.8, 4) is 11.5 Å². The van der Waals surface area contributed by atoms with Crippen LogP contribution in [0, 0.1) is 0 Å². The van der Waals surface area contributed by atoms with Gasteiger partial charge in [0.15, 0.2) is 11.5 Å². The summed E-state index contributed by atoms with van der Waals surface area (Å²) in [6, 6.07) is 6.34. The number of fused-ring (bicyclic) bond motifs is 1. The van der Waals surface area contributed by atoms with E-state index in [1.807, 2.05) is 0 Å². The number of benzene rings is 1. The van der Waals surface area contributed by atoms with Crippen LogP contribution < -0.4 is 25.9 Å². The van der Waals surface area contributed by atoms with Crippen molar-refractivity contribution in [2.75, 3.05) is 14.2 Å². The second kappa shape index (κ2) is 8.53. The van der Waals surface area contributed by atoms with Gasteiger partial charge in [0.1, 0.15) is 4.83 Å². The average molecular weight is 402 g/mol. The molecule has 0 atom stereocenters. The van der Waals surface area contributed by atoms with E-state index in [0.717, 1.165) is 0 Å². The normalized spacial score (nSPS) is 10.5. The van der Waals surface area contributed by atoms with E-state index in [0.29, 0.717) is 27.3 Å². The molecule has 0 fully saturated rings. The molecule has 3 aromatic rings. The molecule has 0 aliphatic carbocycles. The summed E-state index contributed by atoms with van der Waals surface area (Å²) in [4.78, 5) is 41.3. The van der Waals surface area contributed by atoms with Crippen molar-refractivity contribution in [2.24, 2.45) is 0 Å². The fourth-order valence-electron chi connectivity index (χ4n) is 2.51. The zero-order chi connectivity index (χ0) is 20.1. The van der Waals surface area contributed by atoms with Crippen LogP contribution in [0.1, 0.15) is 16.8 Å². The van der Waals surface area contributed by atoms with Gasteiger partial charge in [0, 0.05) is 18.5 Å². The third-order valence-electron chi connectivity index (χ3n) is 3.99. The van der Waals surface area contributed by atoms with Crippen molar-refractivity contribution in [1.82, 2.24) is 20.4 Å². The topological polar surface area (TPSA) is 112 Å². The molecule has 0 radical (unpaired) electrons. The zero-order valence-electron chi connectivity index (χ0n) is 15.2. The monoisotopic (exact) mass is 402 g/mol. The summed E-state index contributed by atoms with van der Waals surface area (Å²) in [7, 11) is 2.96. The highest BCUT2D eigenvalue weighted by molar-refractivity contribution is 7.16. The Morgan fingerprint density at radius 2 is 1.93 bits per heavy atom. The number of hydrazine groups is 1. The van der Waals surface area contributed by atoms with Gasteiger partial charge in [-0.15, -0.1) is 11.3 Å². The quantitative estimate of drug-likeness (QED) is 0.602. The molecule has 10 heteroatoms. The van der Waals surface area contributed by atoms with Crippen molar-refractivity contribution in [1.29, 1.82) is 0 Å². The molecule has 2 N–H and O–H groups in total. The lowest BCUT2D eigenvalue weighted by Gasteiger charge is -2.11. The van der Waals surface area contributed by atoms with Crippen molar-refractivity contribution >= 4 is 33.4 Å². The van der Waals surface area contributed by atoms with Crippen molar-refractivity contribution in [3.05, 3.63) is 51.9 Å². The Bertz CT molecular complexity index is 1080. The SMILES string of the molecule is COc1ccc(C(=O)NNC(=O)CCn2cnc3sccc3c2=O)cc1OC. The van der Waals surface area contributed by atoms with Gasteiger partial charge >= 0.3 is 0 Å². The number of hydrogen-bond acceptors (Lipinski definition) is 7. The second-order valence-corrected chi connectivity index (χ2v) is 6.60. The van der Waals surface area contributed by atoms with Crippen LogP contribution in [0.3, 0.4) is 0 Å². The number of aromatic nitrogens is 2.